The highest BCUT2D eigenvalue weighted by Crippen LogP contribution is 2.17. The zero-order valence-electron chi connectivity index (χ0n) is 11.5. The van der Waals surface area contributed by atoms with Crippen LogP contribution in [0.3, 0.4) is 0 Å². The second-order valence-electron chi connectivity index (χ2n) is 4.57. The summed E-state index contributed by atoms with van der Waals surface area (Å²) in [6, 6.07) is 4.46. The molecule has 1 rings (SSSR count). The third-order valence-electron chi connectivity index (χ3n) is 3.20. The number of pyridine rings is 1. The van der Waals surface area contributed by atoms with Crippen LogP contribution in [0.5, 0.6) is 0 Å². The SMILES string of the molecule is CCCCN(c1ccc(C(N)=S)cn1)C(C)CC. The normalized spacial score (nSPS) is 12.2. The first kappa shape index (κ1) is 14.9. The Morgan fingerprint density at radius 1 is 1.44 bits per heavy atom. The fraction of sp³-hybridized carbons (Fsp3) is 0.571. The van der Waals surface area contributed by atoms with Gasteiger partial charge < -0.3 is 10.6 Å². The van der Waals surface area contributed by atoms with E-state index in [9.17, 15) is 0 Å². The molecule has 0 fully saturated rings. The van der Waals surface area contributed by atoms with Crippen molar-refractivity contribution in [3.05, 3.63) is 23.9 Å². The van der Waals surface area contributed by atoms with E-state index in [4.69, 9.17) is 18.0 Å². The van der Waals surface area contributed by atoms with Gasteiger partial charge in [0.05, 0.1) is 0 Å². The Morgan fingerprint density at radius 3 is 2.61 bits per heavy atom. The van der Waals surface area contributed by atoms with Crippen LogP contribution in [0.2, 0.25) is 0 Å². The molecule has 1 heterocycles. The monoisotopic (exact) mass is 265 g/mol. The van der Waals surface area contributed by atoms with Gasteiger partial charge in [-0.3, -0.25) is 0 Å². The first-order valence-electron chi connectivity index (χ1n) is 6.62. The van der Waals surface area contributed by atoms with E-state index in [1.54, 1.807) is 6.20 Å². The summed E-state index contributed by atoms with van der Waals surface area (Å²) in [6.07, 6.45) is 5.25. The van der Waals surface area contributed by atoms with Crippen LogP contribution in [0.15, 0.2) is 18.3 Å². The summed E-state index contributed by atoms with van der Waals surface area (Å²) in [6.45, 7) is 7.69. The highest BCUT2D eigenvalue weighted by Gasteiger charge is 2.13. The maximum absolute atomic E-state index is 5.58. The number of hydrogen-bond acceptors (Lipinski definition) is 3. The van der Waals surface area contributed by atoms with E-state index in [1.807, 2.05) is 12.1 Å². The molecule has 1 aromatic heterocycles. The summed E-state index contributed by atoms with van der Waals surface area (Å²) in [5, 5.41) is 0. The van der Waals surface area contributed by atoms with Gasteiger partial charge in [-0.05, 0) is 31.9 Å². The van der Waals surface area contributed by atoms with E-state index < -0.39 is 0 Å². The first-order valence-corrected chi connectivity index (χ1v) is 7.03. The lowest BCUT2D eigenvalue weighted by molar-refractivity contribution is 0.590. The highest BCUT2D eigenvalue weighted by molar-refractivity contribution is 7.80. The van der Waals surface area contributed by atoms with Crippen molar-refractivity contribution in [2.24, 2.45) is 5.73 Å². The molecule has 0 aromatic carbocycles. The topological polar surface area (TPSA) is 42.1 Å². The van der Waals surface area contributed by atoms with Gasteiger partial charge in [0.1, 0.15) is 10.8 Å². The third kappa shape index (κ3) is 3.95. The van der Waals surface area contributed by atoms with Gasteiger partial charge in [0.25, 0.3) is 0 Å². The summed E-state index contributed by atoms with van der Waals surface area (Å²) in [7, 11) is 0. The van der Waals surface area contributed by atoms with Gasteiger partial charge in [0, 0.05) is 24.3 Å². The number of aromatic nitrogens is 1. The van der Waals surface area contributed by atoms with Crippen LogP contribution in [0.4, 0.5) is 5.82 Å². The lowest BCUT2D eigenvalue weighted by Gasteiger charge is -2.29. The summed E-state index contributed by atoms with van der Waals surface area (Å²) in [5.41, 5.74) is 6.41. The Morgan fingerprint density at radius 2 is 2.17 bits per heavy atom. The van der Waals surface area contributed by atoms with E-state index in [0.29, 0.717) is 11.0 Å². The summed E-state index contributed by atoms with van der Waals surface area (Å²) in [4.78, 5) is 7.24. The van der Waals surface area contributed by atoms with Crippen LogP contribution in [0, 0.1) is 0 Å². The van der Waals surface area contributed by atoms with Gasteiger partial charge >= 0.3 is 0 Å². The first-order chi connectivity index (χ1) is 8.60. The van der Waals surface area contributed by atoms with Gasteiger partial charge in [-0.25, -0.2) is 4.98 Å². The van der Waals surface area contributed by atoms with Crippen LogP contribution >= 0.6 is 12.2 Å². The Labute approximate surface area is 115 Å². The van der Waals surface area contributed by atoms with Crippen LogP contribution < -0.4 is 10.6 Å². The van der Waals surface area contributed by atoms with Crippen molar-refractivity contribution >= 4 is 23.0 Å². The van der Waals surface area contributed by atoms with Crippen LogP contribution in [-0.2, 0) is 0 Å². The molecule has 3 nitrogen and oxygen atoms in total. The van der Waals surface area contributed by atoms with Crippen LogP contribution in [-0.4, -0.2) is 22.6 Å². The number of unbranched alkanes of at least 4 members (excludes halogenated alkanes) is 1. The Bertz CT molecular complexity index is 375. The molecule has 0 radical (unpaired) electrons. The van der Waals surface area contributed by atoms with Gasteiger partial charge in [-0.2, -0.15) is 0 Å². The van der Waals surface area contributed by atoms with E-state index in [-0.39, 0.29) is 0 Å². The fourth-order valence-corrected chi connectivity index (χ4v) is 1.93. The fourth-order valence-electron chi connectivity index (χ4n) is 1.81. The quantitative estimate of drug-likeness (QED) is 0.769. The van der Waals surface area contributed by atoms with E-state index >= 15 is 0 Å². The van der Waals surface area contributed by atoms with Gasteiger partial charge in [-0.15, -0.1) is 0 Å². The number of hydrogen-bond donors (Lipinski definition) is 1. The number of rotatable bonds is 7. The van der Waals surface area contributed by atoms with Crippen LogP contribution in [0.1, 0.15) is 45.6 Å². The smallest absolute Gasteiger partial charge is 0.128 e. The number of nitrogens with two attached hydrogens (primary N) is 1. The van der Waals surface area contributed by atoms with Gasteiger partial charge in [0.2, 0.25) is 0 Å². The van der Waals surface area contributed by atoms with Crippen molar-refractivity contribution in [2.75, 3.05) is 11.4 Å². The average Bonchev–Trinajstić information content (AvgIpc) is 2.39. The summed E-state index contributed by atoms with van der Waals surface area (Å²) in [5.74, 6) is 1.01. The Balaban J connectivity index is 2.87. The van der Waals surface area contributed by atoms with Crippen LogP contribution in [0.25, 0.3) is 0 Å². The number of thiocarbonyl (C=S) groups is 1. The summed E-state index contributed by atoms with van der Waals surface area (Å²) < 4.78 is 0. The minimum atomic E-state index is 0.401. The molecule has 18 heavy (non-hydrogen) atoms. The zero-order valence-corrected chi connectivity index (χ0v) is 12.3. The molecular weight excluding hydrogens is 242 g/mol. The molecule has 0 aliphatic heterocycles. The molecule has 1 unspecified atom stereocenters. The third-order valence-corrected chi connectivity index (χ3v) is 3.44. The Hall–Kier alpha value is -1.16. The van der Waals surface area contributed by atoms with Gasteiger partial charge in [-0.1, -0.05) is 32.5 Å². The van der Waals surface area contributed by atoms with E-state index in [2.05, 4.69) is 30.7 Å². The minimum Gasteiger partial charge on any atom is -0.389 e. The zero-order chi connectivity index (χ0) is 13.5. The maximum Gasteiger partial charge on any atom is 0.128 e. The maximum atomic E-state index is 5.58. The number of nitrogens with zero attached hydrogens (tertiary/aromatic N) is 2. The molecule has 2 N–H and O–H groups in total. The lowest BCUT2D eigenvalue weighted by Crippen LogP contribution is -2.34. The number of anilines is 1. The Kier molecular flexibility index (Phi) is 6.05. The molecule has 4 heteroatoms. The second kappa shape index (κ2) is 7.31. The predicted molar refractivity (Wildman–Crippen MR) is 82.1 cm³/mol. The molecule has 0 bridgehead atoms. The molecule has 100 valence electrons. The van der Waals surface area contributed by atoms with Crippen molar-refractivity contribution in [1.29, 1.82) is 0 Å². The molecule has 1 atom stereocenters. The standard InChI is InChI=1S/C14H23N3S/c1-4-6-9-17(11(3)5-2)13-8-7-12(10-16-13)14(15)18/h7-8,10-11H,4-6,9H2,1-3H3,(H2,15,18). The molecule has 0 saturated carbocycles. The highest BCUT2D eigenvalue weighted by atomic mass is 32.1. The van der Waals surface area contributed by atoms with Gasteiger partial charge in [0.15, 0.2) is 0 Å². The van der Waals surface area contributed by atoms with Crippen molar-refractivity contribution < 1.29 is 0 Å². The van der Waals surface area contributed by atoms with Crippen molar-refractivity contribution in [2.45, 2.75) is 46.1 Å². The van der Waals surface area contributed by atoms with Crippen molar-refractivity contribution in [3.8, 4) is 0 Å². The lowest BCUT2D eigenvalue weighted by atomic mass is 10.2. The molecular formula is C14H23N3S. The molecule has 0 amide bonds. The molecule has 1 aromatic rings. The molecule has 0 spiro atoms. The average molecular weight is 265 g/mol. The predicted octanol–water partition coefficient (Wildman–Crippen LogP) is 3.12. The minimum absolute atomic E-state index is 0.401. The summed E-state index contributed by atoms with van der Waals surface area (Å²) >= 11 is 4.94. The molecule has 0 aliphatic carbocycles. The van der Waals surface area contributed by atoms with E-state index in [0.717, 1.165) is 24.3 Å². The van der Waals surface area contributed by atoms with Crippen molar-refractivity contribution in [1.82, 2.24) is 4.98 Å². The van der Waals surface area contributed by atoms with E-state index in [1.165, 1.54) is 12.8 Å². The second-order valence-corrected chi connectivity index (χ2v) is 5.01. The molecule has 0 aliphatic rings. The molecule has 0 saturated heterocycles. The van der Waals surface area contributed by atoms with Crippen molar-refractivity contribution in [3.63, 3.8) is 0 Å². The largest absolute Gasteiger partial charge is 0.389 e.